The summed E-state index contributed by atoms with van der Waals surface area (Å²) >= 11 is 3.68. The molecule has 1 heterocycles. The molecule has 0 saturated heterocycles. The van der Waals surface area contributed by atoms with Gasteiger partial charge in [-0.25, -0.2) is 15.0 Å². The number of benzene rings is 8. The largest absolute Gasteiger partial charge is 0.208 e. The van der Waals surface area contributed by atoms with Gasteiger partial charge in [0.15, 0.2) is 17.5 Å². The minimum absolute atomic E-state index is 0. The molecule has 4 aliphatic carbocycles. The highest BCUT2D eigenvalue weighted by atomic mass is 79.9. The maximum Gasteiger partial charge on any atom is 0.164 e. The molecule has 64 heavy (non-hydrogen) atoms. The first-order valence-corrected chi connectivity index (χ1v) is 23.2. The predicted molar refractivity (Wildman–Crippen MR) is 269 cm³/mol. The summed E-state index contributed by atoms with van der Waals surface area (Å²) in [6, 6.07) is 70.3. The molecule has 4 saturated carbocycles. The topological polar surface area (TPSA) is 38.7 Å². The molecule has 2 atom stereocenters. The lowest BCUT2D eigenvalue weighted by molar-refractivity contribution is -0.0281. The van der Waals surface area contributed by atoms with E-state index in [4.69, 9.17) is 15.0 Å². The standard InChI is InChI=1S/C59H46BrN3.CH4/c60-54-29-27-53(28-30-54)59-36-39-31-40(37-59)35-58(34-39,38-59)52-25-23-45(24-26-52)48-19-20-50-33-51(22-21-49(50)32-48)57-62-55(46-15-11-43(12-16-46)41-7-3-1-4-8-41)61-56(63-57)47-17-13-44(14-18-47)42-9-5-2-6-10-42;/h1-30,32-33,39-40H,31,34-38H2;1H4. The summed E-state index contributed by atoms with van der Waals surface area (Å²) in [5.74, 6) is 3.61. The summed E-state index contributed by atoms with van der Waals surface area (Å²) in [6.07, 6.45) is 8.07. The number of rotatable bonds is 8. The molecule has 1 aromatic heterocycles. The second-order valence-corrected chi connectivity index (χ2v) is 19.5. The lowest BCUT2D eigenvalue weighted by Gasteiger charge is -2.63. The first kappa shape index (κ1) is 40.3. The van der Waals surface area contributed by atoms with Gasteiger partial charge in [-0.2, -0.15) is 0 Å². The summed E-state index contributed by atoms with van der Waals surface area (Å²) in [7, 11) is 0. The molecule has 0 N–H and O–H groups in total. The van der Waals surface area contributed by atoms with E-state index in [0.717, 1.165) is 45.0 Å². The second-order valence-electron chi connectivity index (χ2n) is 18.6. The molecule has 8 aromatic carbocycles. The van der Waals surface area contributed by atoms with E-state index in [-0.39, 0.29) is 12.8 Å². The van der Waals surface area contributed by atoms with Crippen LogP contribution in [0, 0.1) is 11.8 Å². The molecule has 13 rings (SSSR count). The molecule has 2 unspecified atom stereocenters. The maximum absolute atomic E-state index is 5.12. The van der Waals surface area contributed by atoms with E-state index in [1.807, 2.05) is 12.1 Å². The fourth-order valence-corrected chi connectivity index (χ4v) is 12.2. The van der Waals surface area contributed by atoms with Gasteiger partial charge in [0, 0.05) is 21.2 Å². The van der Waals surface area contributed by atoms with E-state index < -0.39 is 0 Å². The second kappa shape index (κ2) is 16.3. The lowest BCUT2D eigenvalue weighted by atomic mass is 9.42. The fraction of sp³-hybridized carbons (Fsp3) is 0.183. The number of hydrogen-bond donors (Lipinski definition) is 0. The molecule has 0 spiro atoms. The van der Waals surface area contributed by atoms with Gasteiger partial charge in [0.1, 0.15) is 0 Å². The van der Waals surface area contributed by atoms with Gasteiger partial charge in [0.25, 0.3) is 0 Å². The first-order chi connectivity index (χ1) is 30.9. The number of fused-ring (bicyclic) bond motifs is 1. The molecule has 4 fully saturated rings. The Bertz CT molecular complexity index is 2990. The van der Waals surface area contributed by atoms with Gasteiger partial charge in [-0.1, -0.05) is 193 Å². The summed E-state index contributed by atoms with van der Waals surface area (Å²) in [5.41, 5.74) is 13.7. The van der Waals surface area contributed by atoms with Gasteiger partial charge in [-0.05, 0) is 141 Å². The van der Waals surface area contributed by atoms with Gasteiger partial charge < -0.3 is 0 Å². The lowest BCUT2D eigenvalue weighted by Crippen LogP contribution is -2.55. The Kier molecular flexibility index (Phi) is 10.2. The molecular formula is C60H50BrN3. The normalized spacial score (nSPS) is 20.8. The van der Waals surface area contributed by atoms with Crippen molar-refractivity contribution in [2.75, 3.05) is 0 Å². The predicted octanol–water partition coefficient (Wildman–Crippen LogP) is 16.2. The number of hydrogen-bond acceptors (Lipinski definition) is 3. The fourth-order valence-electron chi connectivity index (χ4n) is 12.0. The summed E-state index contributed by atoms with van der Waals surface area (Å²) in [4.78, 5) is 15.3. The van der Waals surface area contributed by atoms with E-state index in [1.54, 1.807) is 11.1 Å². The Morgan fingerprint density at radius 3 is 1.19 bits per heavy atom. The zero-order valence-corrected chi connectivity index (χ0v) is 36.7. The Labute approximate surface area is 385 Å². The van der Waals surface area contributed by atoms with E-state index in [2.05, 4.69) is 198 Å². The van der Waals surface area contributed by atoms with Crippen molar-refractivity contribution in [2.45, 2.75) is 56.8 Å². The minimum Gasteiger partial charge on any atom is -0.208 e. The van der Waals surface area contributed by atoms with Crippen LogP contribution < -0.4 is 0 Å². The summed E-state index contributed by atoms with van der Waals surface area (Å²) in [6.45, 7) is 0. The van der Waals surface area contributed by atoms with Crippen molar-refractivity contribution in [1.29, 1.82) is 0 Å². The third-order valence-corrected chi connectivity index (χ3v) is 15.1. The Balaban J connectivity index is 0.00000456. The van der Waals surface area contributed by atoms with Crippen LogP contribution in [0.15, 0.2) is 199 Å². The van der Waals surface area contributed by atoms with Crippen LogP contribution in [0.25, 0.3) is 78.3 Å². The Hall–Kier alpha value is -6.49. The first-order valence-electron chi connectivity index (χ1n) is 22.4. The van der Waals surface area contributed by atoms with Crippen molar-refractivity contribution in [3.63, 3.8) is 0 Å². The average Bonchev–Trinajstić information content (AvgIpc) is 3.34. The van der Waals surface area contributed by atoms with Crippen LogP contribution in [0.5, 0.6) is 0 Å². The zero-order valence-electron chi connectivity index (χ0n) is 35.1. The SMILES string of the molecule is Brc1ccc(C23CC4CC(C2)CC(c2ccc(-c5ccc6cc(-c7nc(-c8ccc(-c9ccccc9)cc8)nc(-c8ccc(-c9ccccc9)cc8)n7)ccc6c5)cc2)(C4)C3)cc1.C. The van der Waals surface area contributed by atoms with Crippen molar-refractivity contribution in [3.8, 4) is 67.5 Å². The smallest absolute Gasteiger partial charge is 0.164 e. The highest BCUT2D eigenvalue weighted by molar-refractivity contribution is 9.10. The van der Waals surface area contributed by atoms with Crippen molar-refractivity contribution >= 4 is 26.7 Å². The van der Waals surface area contributed by atoms with Crippen molar-refractivity contribution in [1.82, 2.24) is 15.0 Å². The summed E-state index contributed by atoms with van der Waals surface area (Å²) < 4.78 is 1.17. The number of nitrogens with zero attached hydrogens (tertiary/aromatic N) is 3. The molecule has 4 aliphatic rings. The zero-order chi connectivity index (χ0) is 42.0. The van der Waals surface area contributed by atoms with Crippen LogP contribution in [0.1, 0.15) is 57.1 Å². The van der Waals surface area contributed by atoms with Gasteiger partial charge in [-0.15, -0.1) is 0 Å². The third kappa shape index (κ3) is 7.38. The van der Waals surface area contributed by atoms with Crippen molar-refractivity contribution < 1.29 is 0 Å². The quantitative estimate of drug-likeness (QED) is 0.153. The van der Waals surface area contributed by atoms with E-state index >= 15 is 0 Å². The number of halogens is 1. The van der Waals surface area contributed by atoms with E-state index in [1.165, 1.54) is 70.6 Å². The van der Waals surface area contributed by atoms with Gasteiger partial charge in [0.2, 0.25) is 0 Å². The van der Waals surface area contributed by atoms with Crippen LogP contribution in [-0.4, -0.2) is 15.0 Å². The molecule has 0 radical (unpaired) electrons. The molecule has 9 aromatic rings. The summed E-state index contributed by atoms with van der Waals surface area (Å²) in [5, 5.41) is 2.35. The molecular weight excluding hydrogens is 843 g/mol. The van der Waals surface area contributed by atoms with E-state index in [9.17, 15) is 0 Å². The molecule has 0 amide bonds. The van der Waals surface area contributed by atoms with Crippen LogP contribution >= 0.6 is 15.9 Å². The van der Waals surface area contributed by atoms with Gasteiger partial charge >= 0.3 is 0 Å². The van der Waals surface area contributed by atoms with Crippen molar-refractivity contribution in [2.24, 2.45) is 11.8 Å². The molecule has 0 aliphatic heterocycles. The Morgan fingerprint density at radius 2 is 0.703 bits per heavy atom. The molecule has 3 nitrogen and oxygen atoms in total. The monoisotopic (exact) mass is 891 g/mol. The van der Waals surface area contributed by atoms with Crippen LogP contribution in [-0.2, 0) is 10.8 Å². The van der Waals surface area contributed by atoms with E-state index in [0.29, 0.717) is 22.9 Å². The Morgan fingerprint density at radius 1 is 0.359 bits per heavy atom. The van der Waals surface area contributed by atoms with Crippen LogP contribution in [0.3, 0.4) is 0 Å². The minimum atomic E-state index is 0. The maximum atomic E-state index is 5.12. The molecule has 4 heteroatoms. The highest BCUT2D eigenvalue weighted by Gasteiger charge is 2.58. The molecule has 4 bridgehead atoms. The average molecular weight is 893 g/mol. The van der Waals surface area contributed by atoms with Gasteiger partial charge in [0.05, 0.1) is 0 Å². The molecule has 312 valence electrons. The van der Waals surface area contributed by atoms with Crippen LogP contribution in [0.2, 0.25) is 0 Å². The van der Waals surface area contributed by atoms with Crippen LogP contribution in [0.4, 0.5) is 0 Å². The van der Waals surface area contributed by atoms with Crippen molar-refractivity contribution in [3.05, 3.63) is 210 Å². The number of aromatic nitrogens is 3. The van der Waals surface area contributed by atoms with Gasteiger partial charge in [-0.3, -0.25) is 0 Å². The third-order valence-electron chi connectivity index (χ3n) is 14.6. The highest BCUT2D eigenvalue weighted by Crippen LogP contribution is 2.66.